The maximum Gasteiger partial charge on any atom is 0.0989 e. The van der Waals surface area contributed by atoms with Gasteiger partial charge >= 0.3 is 0 Å². The van der Waals surface area contributed by atoms with Gasteiger partial charge in [-0.05, 0) is 32.7 Å². The fourth-order valence-corrected chi connectivity index (χ4v) is 4.48. The third-order valence-corrected chi connectivity index (χ3v) is 5.27. The molecule has 3 atom stereocenters. The van der Waals surface area contributed by atoms with Crippen molar-refractivity contribution in [2.75, 3.05) is 7.05 Å². The van der Waals surface area contributed by atoms with Gasteiger partial charge in [-0.3, -0.25) is 0 Å². The molecule has 0 aliphatic carbocycles. The van der Waals surface area contributed by atoms with Crippen LogP contribution in [0, 0.1) is 0 Å². The molecule has 3 heterocycles. The lowest BCUT2D eigenvalue weighted by Crippen LogP contribution is -2.14. The Balaban J connectivity index is 1.81. The summed E-state index contributed by atoms with van der Waals surface area (Å²) in [5, 5.41) is 4.59. The summed E-state index contributed by atoms with van der Waals surface area (Å²) in [4.78, 5) is 6.35. The third-order valence-electron chi connectivity index (χ3n) is 4.04. The van der Waals surface area contributed by atoms with Gasteiger partial charge in [-0.2, -0.15) is 0 Å². The van der Waals surface area contributed by atoms with Gasteiger partial charge in [0.1, 0.15) is 0 Å². The molecule has 0 aromatic carbocycles. The third kappa shape index (κ3) is 2.22. The predicted octanol–water partition coefficient (Wildman–Crippen LogP) is 2.85. The second kappa shape index (κ2) is 5.27. The standard InChI is InChI=1S/C14H22N2OS/c1-3-4-11-13(8-15-2)18-14(16-11)10-7-9-5-6-12(10)17-9/h9-10,12,15H,3-8H2,1-2H3. The topological polar surface area (TPSA) is 34.1 Å². The Hall–Kier alpha value is -0.450. The van der Waals surface area contributed by atoms with Crippen LogP contribution in [0.25, 0.3) is 0 Å². The van der Waals surface area contributed by atoms with Gasteiger partial charge in [0, 0.05) is 17.3 Å². The zero-order chi connectivity index (χ0) is 12.5. The smallest absolute Gasteiger partial charge is 0.0989 e. The highest BCUT2D eigenvalue weighted by molar-refractivity contribution is 7.11. The van der Waals surface area contributed by atoms with Crippen molar-refractivity contribution in [3.63, 3.8) is 0 Å². The molecule has 0 radical (unpaired) electrons. The second-order valence-electron chi connectivity index (χ2n) is 5.42. The molecule has 1 aromatic heterocycles. The summed E-state index contributed by atoms with van der Waals surface area (Å²) >= 11 is 1.91. The van der Waals surface area contributed by atoms with E-state index in [4.69, 9.17) is 9.72 Å². The minimum Gasteiger partial charge on any atom is -0.374 e. The molecule has 1 aromatic rings. The van der Waals surface area contributed by atoms with Crippen LogP contribution in [0.4, 0.5) is 0 Å². The molecular weight excluding hydrogens is 244 g/mol. The van der Waals surface area contributed by atoms with E-state index in [1.165, 1.54) is 41.3 Å². The first-order valence-electron chi connectivity index (χ1n) is 7.10. The van der Waals surface area contributed by atoms with Crippen molar-refractivity contribution >= 4 is 11.3 Å². The number of hydrogen-bond acceptors (Lipinski definition) is 4. The van der Waals surface area contributed by atoms with Gasteiger partial charge in [0.25, 0.3) is 0 Å². The van der Waals surface area contributed by atoms with Crippen LogP contribution in [-0.4, -0.2) is 24.2 Å². The molecule has 0 amide bonds. The number of nitrogens with one attached hydrogen (secondary N) is 1. The fourth-order valence-electron chi connectivity index (χ4n) is 3.19. The molecule has 2 aliphatic rings. The van der Waals surface area contributed by atoms with Crippen molar-refractivity contribution in [2.24, 2.45) is 0 Å². The van der Waals surface area contributed by atoms with Gasteiger partial charge < -0.3 is 10.1 Å². The number of aromatic nitrogens is 1. The second-order valence-corrected chi connectivity index (χ2v) is 6.53. The Morgan fingerprint density at radius 3 is 2.94 bits per heavy atom. The molecule has 2 bridgehead atoms. The zero-order valence-corrected chi connectivity index (χ0v) is 12.1. The quantitative estimate of drug-likeness (QED) is 0.890. The molecular formula is C14H22N2OS. The van der Waals surface area contributed by atoms with E-state index in [2.05, 4.69) is 12.2 Å². The van der Waals surface area contributed by atoms with Gasteiger partial charge in [-0.25, -0.2) is 4.98 Å². The van der Waals surface area contributed by atoms with Crippen molar-refractivity contribution in [1.29, 1.82) is 0 Å². The largest absolute Gasteiger partial charge is 0.374 e. The monoisotopic (exact) mass is 266 g/mol. The summed E-state index contributed by atoms with van der Waals surface area (Å²) in [5.41, 5.74) is 1.31. The number of hydrogen-bond donors (Lipinski definition) is 1. The lowest BCUT2D eigenvalue weighted by atomic mass is 9.90. The Morgan fingerprint density at radius 2 is 2.33 bits per heavy atom. The number of fused-ring (bicyclic) bond motifs is 2. The normalized spacial score (nSPS) is 30.2. The van der Waals surface area contributed by atoms with E-state index < -0.39 is 0 Å². The molecule has 2 aliphatic heterocycles. The van der Waals surface area contributed by atoms with Crippen molar-refractivity contribution in [2.45, 2.75) is 63.7 Å². The number of ether oxygens (including phenoxy) is 1. The van der Waals surface area contributed by atoms with E-state index in [0.717, 1.165) is 13.0 Å². The minimum atomic E-state index is 0.457. The Morgan fingerprint density at radius 1 is 1.44 bits per heavy atom. The molecule has 2 fully saturated rings. The molecule has 3 unspecified atom stereocenters. The summed E-state index contributed by atoms with van der Waals surface area (Å²) in [7, 11) is 2.01. The first-order chi connectivity index (χ1) is 8.81. The van der Waals surface area contributed by atoms with Crippen LogP contribution in [-0.2, 0) is 17.7 Å². The molecule has 3 rings (SSSR count). The molecule has 18 heavy (non-hydrogen) atoms. The van der Waals surface area contributed by atoms with E-state index in [9.17, 15) is 0 Å². The molecule has 1 N–H and O–H groups in total. The van der Waals surface area contributed by atoms with E-state index in [0.29, 0.717) is 18.1 Å². The summed E-state index contributed by atoms with van der Waals surface area (Å²) in [5.74, 6) is 0.579. The molecule has 0 spiro atoms. The van der Waals surface area contributed by atoms with Crippen LogP contribution in [0.1, 0.15) is 54.1 Å². The first kappa shape index (κ1) is 12.6. The minimum absolute atomic E-state index is 0.457. The number of thiazole rings is 1. The maximum atomic E-state index is 5.96. The molecule has 2 saturated heterocycles. The number of aryl methyl sites for hydroxylation is 1. The molecule has 4 heteroatoms. The van der Waals surface area contributed by atoms with E-state index in [1.807, 2.05) is 18.4 Å². The lowest BCUT2D eigenvalue weighted by Gasteiger charge is -2.15. The highest BCUT2D eigenvalue weighted by atomic mass is 32.1. The summed E-state index contributed by atoms with van der Waals surface area (Å²) in [6.45, 7) is 3.18. The van der Waals surface area contributed by atoms with Crippen molar-refractivity contribution in [3.05, 3.63) is 15.6 Å². The maximum absolute atomic E-state index is 5.96. The van der Waals surface area contributed by atoms with Crippen molar-refractivity contribution in [1.82, 2.24) is 10.3 Å². The molecule has 100 valence electrons. The van der Waals surface area contributed by atoms with Crippen molar-refractivity contribution < 1.29 is 4.74 Å². The van der Waals surface area contributed by atoms with Gasteiger partial charge in [0.2, 0.25) is 0 Å². The molecule has 3 nitrogen and oxygen atoms in total. The highest BCUT2D eigenvalue weighted by Gasteiger charge is 2.43. The average Bonchev–Trinajstić information content (AvgIpc) is 3.05. The Bertz CT molecular complexity index is 394. The van der Waals surface area contributed by atoms with Gasteiger partial charge in [-0.15, -0.1) is 11.3 Å². The number of rotatable bonds is 5. The fraction of sp³-hybridized carbons (Fsp3) is 0.786. The zero-order valence-electron chi connectivity index (χ0n) is 11.2. The number of nitrogens with zero attached hydrogens (tertiary/aromatic N) is 1. The summed E-state index contributed by atoms with van der Waals surface area (Å²) in [6, 6.07) is 0. The Labute approximate surface area is 113 Å². The predicted molar refractivity (Wildman–Crippen MR) is 74.1 cm³/mol. The van der Waals surface area contributed by atoms with E-state index >= 15 is 0 Å². The van der Waals surface area contributed by atoms with Gasteiger partial charge in [0.15, 0.2) is 0 Å². The van der Waals surface area contributed by atoms with Crippen LogP contribution in [0.5, 0.6) is 0 Å². The van der Waals surface area contributed by atoms with Crippen LogP contribution in [0.2, 0.25) is 0 Å². The van der Waals surface area contributed by atoms with Crippen LogP contribution in [0.3, 0.4) is 0 Å². The summed E-state index contributed by atoms with van der Waals surface area (Å²) < 4.78 is 5.96. The SMILES string of the molecule is CCCc1nc(C2CC3CCC2O3)sc1CNC. The summed E-state index contributed by atoms with van der Waals surface area (Å²) in [6.07, 6.45) is 6.95. The van der Waals surface area contributed by atoms with Crippen LogP contribution >= 0.6 is 11.3 Å². The first-order valence-corrected chi connectivity index (χ1v) is 7.92. The van der Waals surface area contributed by atoms with Crippen molar-refractivity contribution in [3.8, 4) is 0 Å². The Kier molecular flexibility index (Phi) is 3.68. The van der Waals surface area contributed by atoms with E-state index in [-0.39, 0.29) is 0 Å². The van der Waals surface area contributed by atoms with Gasteiger partial charge in [0.05, 0.1) is 22.9 Å². The van der Waals surface area contributed by atoms with E-state index in [1.54, 1.807) is 0 Å². The van der Waals surface area contributed by atoms with Crippen LogP contribution < -0.4 is 5.32 Å². The van der Waals surface area contributed by atoms with Gasteiger partial charge in [-0.1, -0.05) is 13.3 Å². The molecule has 0 saturated carbocycles. The highest BCUT2D eigenvalue weighted by Crippen LogP contribution is 2.45. The lowest BCUT2D eigenvalue weighted by molar-refractivity contribution is 0.100. The van der Waals surface area contributed by atoms with Crippen LogP contribution in [0.15, 0.2) is 0 Å². The average molecular weight is 266 g/mol.